The molecule has 0 aliphatic rings. The summed E-state index contributed by atoms with van der Waals surface area (Å²) in [5.41, 5.74) is 5.12. The SMILES string of the molecule is Cc1cc(C)c(COc2ccccc2B(O)O)c(C)c1. The lowest BCUT2D eigenvalue weighted by atomic mass is 9.79. The van der Waals surface area contributed by atoms with Crippen molar-refractivity contribution in [2.75, 3.05) is 0 Å². The average molecular weight is 270 g/mol. The first kappa shape index (κ1) is 14.6. The highest BCUT2D eigenvalue weighted by Crippen LogP contribution is 2.18. The summed E-state index contributed by atoms with van der Waals surface area (Å²) in [5.74, 6) is 0.502. The van der Waals surface area contributed by atoms with Crippen molar-refractivity contribution in [3.8, 4) is 5.75 Å². The Bertz CT molecular complexity index is 585. The predicted octanol–water partition coefficient (Wildman–Crippen LogP) is 1.87. The maximum Gasteiger partial charge on any atom is 0.492 e. The second kappa shape index (κ2) is 6.12. The van der Waals surface area contributed by atoms with Crippen LogP contribution in [0.3, 0.4) is 0 Å². The molecule has 3 nitrogen and oxygen atoms in total. The fourth-order valence-electron chi connectivity index (χ4n) is 2.41. The number of benzene rings is 2. The van der Waals surface area contributed by atoms with Gasteiger partial charge in [0, 0.05) is 5.46 Å². The van der Waals surface area contributed by atoms with Gasteiger partial charge in [-0.25, -0.2) is 0 Å². The minimum Gasteiger partial charge on any atom is -0.489 e. The maximum absolute atomic E-state index is 9.32. The van der Waals surface area contributed by atoms with Crippen molar-refractivity contribution in [1.29, 1.82) is 0 Å². The molecule has 104 valence electrons. The van der Waals surface area contributed by atoms with Crippen molar-refractivity contribution in [1.82, 2.24) is 0 Å². The van der Waals surface area contributed by atoms with E-state index in [0.717, 1.165) is 5.56 Å². The summed E-state index contributed by atoms with van der Waals surface area (Å²) in [6.07, 6.45) is 0. The van der Waals surface area contributed by atoms with E-state index < -0.39 is 7.12 Å². The molecule has 2 N–H and O–H groups in total. The number of aryl methyl sites for hydroxylation is 3. The number of hydrogen-bond donors (Lipinski definition) is 2. The van der Waals surface area contributed by atoms with Crippen LogP contribution < -0.4 is 10.2 Å². The molecular weight excluding hydrogens is 251 g/mol. The van der Waals surface area contributed by atoms with Gasteiger partial charge >= 0.3 is 7.12 Å². The van der Waals surface area contributed by atoms with E-state index in [1.54, 1.807) is 18.2 Å². The van der Waals surface area contributed by atoms with E-state index in [4.69, 9.17) is 4.74 Å². The Balaban J connectivity index is 2.22. The molecule has 2 aromatic rings. The predicted molar refractivity (Wildman–Crippen MR) is 81.3 cm³/mol. The maximum atomic E-state index is 9.32. The molecule has 2 rings (SSSR count). The van der Waals surface area contributed by atoms with E-state index >= 15 is 0 Å². The normalized spacial score (nSPS) is 10.4. The number of ether oxygens (including phenoxy) is 1. The largest absolute Gasteiger partial charge is 0.492 e. The fourth-order valence-corrected chi connectivity index (χ4v) is 2.41. The third-order valence-electron chi connectivity index (χ3n) is 3.41. The summed E-state index contributed by atoms with van der Waals surface area (Å²) in [7, 11) is -1.52. The lowest BCUT2D eigenvalue weighted by Gasteiger charge is -2.15. The molecule has 0 aromatic heterocycles. The van der Waals surface area contributed by atoms with Gasteiger partial charge in [0.15, 0.2) is 0 Å². The van der Waals surface area contributed by atoms with Gasteiger partial charge in [0.05, 0.1) is 0 Å². The van der Waals surface area contributed by atoms with Crippen LogP contribution in [-0.4, -0.2) is 17.2 Å². The Morgan fingerprint density at radius 1 is 1.00 bits per heavy atom. The minimum atomic E-state index is -1.52. The molecule has 0 fully saturated rings. The van der Waals surface area contributed by atoms with Crippen LogP contribution in [0.15, 0.2) is 36.4 Å². The van der Waals surface area contributed by atoms with Crippen molar-refractivity contribution < 1.29 is 14.8 Å². The number of hydrogen-bond acceptors (Lipinski definition) is 3. The van der Waals surface area contributed by atoms with Gasteiger partial charge in [0.1, 0.15) is 12.4 Å². The molecule has 0 radical (unpaired) electrons. The second-order valence-electron chi connectivity index (χ2n) is 5.08. The zero-order valence-corrected chi connectivity index (χ0v) is 12.1. The molecule has 0 unspecified atom stereocenters. The first-order chi connectivity index (χ1) is 9.49. The van der Waals surface area contributed by atoms with Crippen molar-refractivity contribution in [3.05, 3.63) is 58.7 Å². The molecule has 0 aliphatic heterocycles. The second-order valence-corrected chi connectivity index (χ2v) is 5.08. The van der Waals surface area contributed by atoms with Crippen molar-refractivity contribution in [2.45, 2.75) is 27.4 Å². The van der Waals surface area contributed by atoms with Gasteiger partial charge in [-0.05, 0) is 43.5 Å². The van der Waals surface area contributed by atoms with Gasteiger partial charge in [-0.1, -0.05) is 35.9 Å². The zero-order valence-electron chi connectivity index (χ0n) is 12.1. The summed E-state index contributed by atoms with van der Waals surface area (Å²) in [5, 5.41) is 18.6. The quantitative estimate of drug-likeness (QED) is 0.834. The van der Waals surface area contributed by atoms with Gasteiger partial charge in [-0.3, -0.25) is 0 Å². The topological polar surface area (TPSA) is 49.7 Å². The van der Waals surface area contributed by atoms with E-state index in [2.05, 4.69) is 32.9 Å². The number of rotatable bonds is 4. The molecule has 0 bridgehead atoms. The van der Waals surface area contributed by atoms with Crippen LogP contribution in [0.1, 0.15) is 22.3 Å². The molecule has 0 spiro atoms. The van der Waals surface area contributed by atoms with E-state index in [1.165, 1.54) is 16.7 Å². The molecule has 0 saturated carbocycles. The molecule has 0 amide bonds. The standard InChI is InChI=1S/C16H19BO3/c1-11-8-12(2)14(13(3)9-11)10-20-16-7-5-4-6-15(16)17(18)19/h4-9,18-19H,10H2,1-3H3. The number of para-hydroxylation sites is 1. The van der Waals surface area contributed by atoms with E-state index in [0.29, 0.717) is 17.8 Å². The first-order valence-electron chi connectivity index (χ1n) is 6.63. The Labute approximate surface area is 120 Å². The van der Waals surface area contributed by atoms with Gasteiger partial charge in [0.25, 0.3) is 0 Å². The fraction of sp³-hybridized carbons (Fsp3) is 0.250. The Morgan fingerprint density at radius 3 is 2.20 bits per heavy atom. The summed E-state index contributed by atoms with van der Waals surface area (Å²) < 4.78 is 5.77. The molecule has 0 heterocycles. The van der Waals surface area contributed by atoms with Gasteiger partial charge in [-0.15, -0.1) is 0 Å². The van der Waals surface area contributed by atoms with Crippen molar-refractivity contribution in [3.63, 3.8) is 0 Å². The monoisotopic (exact) mass is 270 g/mol. The lowest BCUT2D eigenvalue weighted by Crippen LogP contribution is -2.31. The van der Waals surface area contributed by atoms with Crippen molar-refractivity contribution in [2.24, 2.45) is 0 Å². The highest BCUT2D eigenvalue weighted by atomic mass is 16.5. The Kier molecular flexibility index (Phi) is 4.48. The van der Waals surface area contributed by atoms with Crippen LogP contribution in [0.4, 0.5) is 0 Å². The molecule has 2 aromatic carbocycles. The zero-order chi connectivity index (χ0) is 14.7. The van der Waals surface area contributed by atoms with E-state index in [9.17, 15) is 10.0 Å². The first-order valence-corrected chi connectivity index (χ1v) is 6.63. The van der Waals surface area contributed by atoms with Crippen LogP contribution in [0.25, 0.3) is 0 Å². The lowest BCUT2D eigenvalue weighted by molar-refractivity contribution is 0.305. The summed E-state index contributed by atoms with van der Waals surface area (Å²) in [6, 6.07) is 11.2. The van der Waals surface area contributed by atoms with E-state index in [-0.39, 0.29) is 0 Å². The highest BCUT2D eigenvalue weighted by molar-refractivity contribution is 6.59. The molecule has 0 aliphatic carbocycles. The van der Waals surface area contributed by atoms with Gasteiger partial charge in [0.2, 0.25) is 0 Å². The molecule has 0 saturated heterocycles. The smallest absolute Gasteiger partial charge is 0.489 e. The molecule has 0 atom stereocenters. The minimum absolute atomic E-state index is 0.384. The van der Waals surface area contributed by atoms with Crippen molar-refractivity contribution >= 4 is 12.6 Å². The molecule has 20 heavy (non-hydrogen) atoms. The average Bonchev–Trinajstić information content (AvgIpc) is 2.37. The molecule has 4 heteroatoms. The Morgan fingerprint density at radius 2 is 1.60 bits per heavy atom. The summed E-state index contributed by atoms with van der Waals surface area (Å²) in [4.78, 5) is 0. The Hall–Kier alpha value is -1.78. The third-order valence-corrected chi connectivity index (χ3v) is 3.41. The van der Waals surface area contributed by atoms with Crippen LogP contribution in [0, 0.1) is 20.8 Å². The highest BCUT2D eigenvalue weighted by Gasteiger charge is 2.16. The van der Waals surface area contributed by atoms with Crippen LogP contribution in [-0.2, 0) is 6.61 Å². The van der Waals surface area contributed by atoms with Gasteiger partial charge < -0.3 is 14.8 Å². The van der Waals surface area contributed by atoms with Gasteiger partial charge in [-0.2, -0.15) is 0 Å². The summed E-state index contributed by atoms with van der Waals surface area (Å²) in [6.45, 7) is 6.61. The third kappa shape index (κ3) is 3.21. The van der Waals surface area contributed by atoms with Crippen LogP contribution in [0.5, 0.6) is 5.75 Å². The van der Waals surface area contributed by atoms with Crippen LogP contribution >= 0.6 is 0 Å². The summed E-state index contributed by atoms with van der Waals surface area (Å²) >= 11 is 0. The van der Waals surface area contributed by atoms with E-state index in [1.807, 2.05) is 6.07 Å². The van der Waals surface area contributed by atoms with Crippen LogP contribution in [0.2, 0.25) is 0 Å². The molecular formula is C16H19BO3.